The summed E-state index contributed by atoms with van der Waals surface area (Å²) in [7, 11) is 1.62. The van der Waals surface area contributed by atoms with Crippen molar-refractivity contribution in [1.82, 2.24) is 9.88 Å². The summed E-state index contributed by atoms with van der Waals surface area (Å²) in [4.78, 5) is 8.95. The summed E-state index contributed by atoms with van der Waals surface area (Å²) in [6, 6.07) is 7.69. The Morgan fingerprint density at radius 2 is 1.79 bits per heavy atom. The highest BCUT2D eigenvalue weighted by Gasteiger charge is 2.21. The van der Waals surface area contributed by atoms with Gasteiger partial charge in [0.25, 0.3) is 0 Å². The van der Waals surface area contributed by atoms with E-state index in [9.17, 15) is 0 Å². The summed E-state index contributed by atoms with van der Waals surface area (Å²) in [6.45, 7) is 7.38. The minimum Gasteiger partial charge on any atom is -0.480 e. The third-order valence-electron chi connectivity index (χ3n) is 4.88. The first-order valence-corrected chi connectivity index (χ1v) is 10.4. The summed E-state index contributed by atoms with van der Waals surface area (Å²) in [6.07, 6.45) is 0.908. The van der Waals surface area contributed by atoms with Crippen LogP contribution >= 0.6 is 35.4 Å². The lowest BCUT2D eigenvalue weighted by Crippen LogP contribution is -2.50. The molecule has 5 nitrogen and oxygen atoms in total. The fourth-order valence-electron chi connectivity index (χ4n) is 3.31. The van der Waals surface area contributed by atoms with Gasteiger partial charge < -0.3 is 19.9 Å². The van der Waals surface area contributed by atoms with Gasteiger partial charge in [0.1, 0.15) is 5.69 Å². The van der Waals surface area contributed by atoms with Crippen LogP contribution in [0.5, 0.6) is 5.88 Å². The van der Waals surface area contributed by atoms with E-state index in [0.717, 1.165) is 49.7 Å². The Balaban J connectivity index is 1.66. The Bertz CT molecular complexity index is 849. The second-order valence-electron chi connectivity index (χ2n) is 6.68. The number of nitrogens with one attached hydrogen (secondary N) is 1. The van der Waals surface area contributed by atoms with E-state index in [1.54, 1.807) is 13.2 Å². The maximum atomic E-state index is 6.13. The number of rotatable bonds is 4. The molecule has 8 heteroatoms. The van der Waals surface area contributed by atoms with Gasteiger partial charge in [-0.05, 0) is 55.4 Å². The van der Waals surface area contributed by atoms with Gasteiger partial charge in [-0.15, -0.1) is 0 Å². The molecule has 150 valence electrons. The minimum absolute atomic E-state index is 0.559. The van der Waals surface area contributed by atoms with Gasteiger partial charge in [0, 0.05) is 47.6 Å². The van der Waals surface area contributed by atoms with Crippen molar-refractivity contribution in [3.63, 3.8) is 0 Å². The van der Waals surface area contributed by atoms with E-state index in [4.69, 9.17) is 40.2 Å². The Hall–Kier alpha value is -1.76. The molecule has 0 amide bonds. The second kappa shape index (κ2) is 9.16. The number of hydrogen-bond donors (Lipinski definition) is 1. The van der Waals surface area contributed by atoms with Gasteiger partial charge >= 0.3 is 0 Å². The van der Waals surface area contributed by atoms with E-state index in [0.29, 0.717) is 21.0 Å². The molecule has 0 spiro atoms. The van der Waals surface area contributed by atoms with Crippen LogP contribution in [0.15, 0.2) is 24.3 Å². The Kier molecular flexibility index (Phi) is 6.86. The number of methoxy groups -OCH3 is 1. The molecular formula is C20H24Cl2N4OS. The van der Waals surface area contributed by atoms with Crippen molar-refractivity contribution in [3.05, 3.63) is 45.6 Å². The van der Waals surface area contributed by atoms with Gasteiger partial charge in [-0.2, -0.15) is 0 Å². The van der Waals surface area contributed by atoms with Crippen LogP contribution in [0, 0.1) is 6.92 Å². The normalized spacial score (nSPS) is 14.2. The van der Waals surface area contributed by atoms with Crippen molar-refractivity contribution in [2.45, 2.75) is 20.3 Å². The highest BCUT2D eigenvalue weighted by Crippen LogP contribution is 2.28. The van der Waals surface area contributed by atoms with E-state index in [-0.39, 0.29) is 0 Å². The zero-order chi connectivity index (χ0) is 20.3. The van der Waals surface area contributed by atoms with E-state index in [1.807, 2.05) is 19.1 Å². The van der Waals surface area contributed by atoms with Gasteiger partial charge in [0.2, 0.25) is 5.88 Å². The maximum absolute atomic E-state index is 6.13. The van der Waals surface area contributed by atoms with Crippen molar-refractivity contribution in [3.8, 4) is 5.88 Å². The fraction of sp³-hybridized carbons (Fsp3) is 0.400. The molecule has 0 unspecified atom stereocenters. The third kappa shape index (κ3) is 4.80. The van der Waals surface area contributed by atoms with Crippen molar-refractivity contribution in [2.24, 2.45) is 0 Å². The molecule has 0 saturated carbocycles. The maximum Gasteiger partial charge on any atom is 0.237 e. The molecule has 1 N–H and O–H groups in total. The Morgan fingerprint density at radius 1 is 1.14 bits per heavy atom. The van der Waals surface area contributed by atoms with Gasteiger partial charge in [0.05, 0.1) is 7.11 Å². The molecule has 1 saturated heterocycles. The molecule has 3 rings (SSSR count). The molecule has 0 atom stereocenters. The molecule has 2 aromatic rings. The zero-order valence-corrected chi connectivity index (χ0v) is 18.6. The van der Waals surface area contributed by atoms with E-state index in [1.165, 1.54) is 5.56 Å². The predicted octanol–water partition coefficient (Wildman–Crippen LogP) is 4.79. The SMILES string of the molecule is CCc1cc(NC(=S)N2CCN(c3cc(Cl)cc(Cl)c3)CC2)c(OC)nc1C. The number of benzene rings is 1. The number of anilines is 2. The Morgan fingerprint density at radius 3 is 2.36 bits per heavy atom. The summed E-state index contributed by atoms with van der Waals surface area (Å²) in [5.41, 5.74) is 3.99. The number of aromatic nitrogens is 1. The number of piperazine rings is 1. The lowest BCUT2D eigenvalue weighted by molar-refractivity contribution is 0.388. The number of hydrogen-bond acceptors (Lipinski definition) is 4. The minimum atomic E-state index is 0.559. The second-order valence-corrected chi connectivity index (χ2v) is 7.93. The summed E-state index contributed by atoms with van der Waals surface area (Å²) < 4.78 is 5.43. The highest BCUT2D eigenvalue weighted by atomic mass is 35.5. The molecule has 0 bridgehead atoms. The molecule has 1 aromatic carbocycles. The molecule has 0 aliphatic carbocycles. The summed E-state index contributed by atoms with van der Waals surface area (Å²) >= 11 is 17.9. The van der Waals surface area contributed by atoms with E-state index < -0.39 is 0 Å². The molecule has 0 radical (unpaired) electrons. The lowest BCUT2D eigenvalue weighted by Gasteiger charge is -2.37. The first-order valence-electron chi connectivity index (χ1n) is 9.22. The predicted molar refractivity (Wildman–Crippen MR) is 121 cm³/mol. The van der Waals surface area contributed by atoms with Crippen molar-refractivity contribution in [1.29, 1.82) is 0 Å². The summed E-state index contributed by atoms with van der Waals surface area (Å²) in [5.74, 6) is 0.559. The Labute approximate surface area is 181 Å². The topological polar surface area (TPSA) is 40.6 Å². The van der Waals surface area contributed by atoms with Gasteiger partial charge in [-0.1, -0.05) is 30.1 Å². The monoisotopic (exact) mass is 438 g/mol. The number of aryl methyl sites for hydroxylation is 2. The summed E-state index contributed by atoms with van der Waals surface area (Å²) in [5, 5.41) is 5.28. The smallest absolute Gasteiger partial charge is 0.237 e. The standard InChI is InChI=1S/C20H24Cl2N4OS/c1-4-14-9-18(19(27-3)23-13(14)2)24-20(28)26-7-5-25(6-8-26)17-11-15(21)10-16(22)12-17/h9-12H,4-8H2,1-3H3,(H,24,28). The van der Waals surface area contributed by atoms with E-state index >= 15 is 0 Å². The van der Waals surface area contributed by atoms with Gasteiger partial charge in [0.15, 0.2) is 5.11 Å². The van der Waals surface area contributed by atoms with Crippen molar-refractivity contribution >= 4 is 51.9 Å². The van der Waals surface area contributed by atoms with Crippen LogP contribution in [-0.2, 0) is 6.42 Å². The quantitative estimate of drug-likeness (QED) is 0.692. The van der Waals surface area contributed by atoms with Crippen LogP contribution in [0.1, 0.15) is 18.2 Å². The van der Waals surface area contributed by atoms with Crippen LogP contribution in [-0.4, -0.2) is 48.3 Å². The molecule has 1 fully saturated rings. The van der Waals surface area contributed by atoms with Crippen LogP contribution < -0.4 is 15.0 Å². The molecule has 1 aliphatic rings. The zero-order valence-electron chi connectivity index (χ0n) is 16.3. The van der Waals surface area contributed by atoms with E-state index in [2.05, 4.69) is 33.1 Å². The first-order chi connectivity index (χ1) is 13.4. The highest BCUT2D eigenvalue weighted by molar-refractivity contribution is 7.80. The van der Waals surface area contributed by atoms with Crippen LogP contribution in [0.25, 0.3) is 0 Å². The van der Waals surface area contributed by atoms with Crippen LogP contribution in [0.3, 0.4) is 0 Å². The van der Waals surface area contributed by atoms with Crippen molar-refractivity contribution < 1.29 is 4.74 Å². The fourth-order valence-corrected chi connectivity index (χ4v) is 4.12. The molecule has 28 heavy (non-hydrogen) atoms. The molecule has 1 aromatic heterocycles. The third-order valence-corrected chi connectivity index (χ3v) is 5.67. The average molecular weight is 439 g/mol. The van der Waals surface area contributed by atoms with Crippen LogP contribution in [0.4, 0.5) is 11.4 Å². The van der Waals surface area contributed by atoms with Gasteiger partial charge in [-0.25, -0.2) is 4.98 Å². The lowest BCUT2D eigenvalue weighted by atomic mass is 10.1. The average Bonchev–Trinajstić information content (AvgIpc) is 2.68. The van der Waals surface area contributed by atoms with Crippen LogP contribution in [0.2, 0.25) is 10.0 Å². The molecule has 2 heterocycles. The molecule has 1 aliphatic heterocycles. The largest absolute Gasteiger partial charge is 0.480 e. The number of nitrogens with zero attached hydrogens (tertiary/aromatic N) is 3. The first kappa shape index (κ1) is 21.0. The number of pyridine rings is 1. The van der Waals surface area contributed by atoms with Gasteiger partial charge in [-0.3, -0.25) is 0 Å². The van der Waals surface area contributed by atoms with Crippen molar-refractivity contribution in [2.75, 3.05) is 43.5 Å². The number of halogens is 2. The number of ether oxygens (including phenoxy) is 1. The number of thiocarbonyl (C=S) groups is 1. The molecular weight excluding hydrogens is 415 g/mol.